The molecule has 0 amide bonds. The van der Waals surface area contributed by atoms with Gasteiger partial charge in [-0.05, 0) is 12.1 Å². The number of aromatic nitrogens is 2. The molecule has 0 atom stereocenters. The van der Waals surface area contributed by atoms with Crippen molar-refractivity contribution in [3.63, 3.8) is 0 Å². The predicted molar refractivity (Wildman–Crippen MR) is 90.5 cm³/mol. The second kappa shape index (κ2) is 6.08. The Hall–Kier alpha value is -1.88. The molecule has 3 aromatic rings. The Kier molecular flexibility index (Phi) is 4.16. The summed E-state index contributed by atoms with van der Waals surface area (Å²) in [5.74, 6) is 0.549. The van der Waals surface area contributed by atoms with Crippen molar-refractivity contribution in [3.05, 3.63) is 62.9 Å². The normalized spacial score (nSPS) is 11.0. The minimum absolute atomic E-state index is 0.196. The Morgan fingerprint density at radius 3 is 2.55 bits per heavy atom. The summed E-state index contributed by atoms with van der Waals surface area (Å²) in [6.45, 7) is 0.706. The fourth-order valence-electron chi connectivity index (χ4n) is 2.39. The summed E-state index contributed by atoms with van der Waals surface area (Å²) in [5, 5.41) is 1.16. The van der Waals surface area contributed by atoms with Gasteiger partial charge in [-0.1, -0.05) is 53.5 Å². The van der Waals surface area contributed by atoms with Crippen molar-refractivity contribution in [2.75, 3.05) is 6.54 Å². The molecule has 4 nitrogen and oxygen atoms in total. The van der Waals surface area contributed by atoms with E-state index in [0.29, 0.717) is 39.9 Å². The third kappa shape index (κ3) is 2.61. The zero-order chi connectivity index (χ0) is 15.7. The molecule has 0 aliphatic rings. The van der Waals surface area contributed by atoms with Crippen LogP contribution in [0.1, 0.15) is 0 Å². The van der Waals surface area contributed by atoms with Crippen LogP contribution in [0.5, 0.6) is 0 Å². The molecule has 2 N–H and O–H groups in total. The van der Waals surface area contributed by atoms with Crippen LogP contribution in [-0.4, -0.2) is 16.1 Å². The molecule has 0 aliphatic carbocycles. The fraction of sp³-hybridized carbons (Fsp3) is 0.125. The smallest absolute Gasteiger partial charge is 0.261 e. The number of nitrogens with zero attached hydrogens (tertiary/aromatic N) is 2. The molecule has 0 aliphatic heterocycles. The van der Waals surface area contributed by atoms with Crippen LogP contribution in [0.3, 0.4) is 0 Å². The maximum Gasteiger partial charge on any atom is 0.261 e. The van der Waals surface area contributed by atoms with Gasteiger partial charge in [0.15, 0.2) is 0 Å². The third-order valence-electron chi connectivity index (χ3n) is 3.36. The van der Waals surface area contributed by atoms with E-state index < -0.39 is 0 Å². The van der Waals surface area contributed by atoms with E-state index in [-0.39, 0.29) is 5.56 Å². The summed E-state index contributed by atoms with van der Waals surface area (Å²) < 4.78 is 1.56. The van der Waals surface area contributed by atoms with Crippen LogP contribution in [0.15, 0.2) is 47.3 Å². The SMILES string of the molecule is NCCn1c(-c2ccccc2)nc2c(Cl)cc(Cl)cc2c1=O. The average Bonchev–Trinajstić information content (AvgIpc) is 2.51. The Labute approximate surface area is 137 Å². The topological polar surface area (TPSA) is 60.9 Å². The highest BCUT2D eigenvalue weighted by Gasteiger charge is 2.14. The number of nitrogens with two attached hydrogens (primary N) is 1. The zero-order valence-electron chi connectivity index (χ0n) is 11.6. The van der Waals surface area contributed by atoms with Gasteiger partial charge in [0.05, 0.1) is 15.9 Å². The standard InChI is InChI=1S/C16H13Cl2N3O/c17-11-8-12-14(13(18)9-11)20-15(10-4-2-1-3-5-10)21(7-6-19)16(12)22/h1-5,8-9H,6-7,19H2. The lowest BCUT2D eigenvalue weighted by Crippen LogP contribution is -2.27. The monoisotopic (exact) mass is 333 g/mol. The molecule has 6 heteroatoms. The molecule has 0 radical (unpaired) electrons. The second-order valence-corrected chi connectivity index (χ2v) is 5.67. The van der Waals surface area contributed by atoms with Gasteiger partial charge < -0.3 is 5.73 Å². The summed E-state index contributed by atoms with van der Waals surface area (Å²) in [6, 6.07) is 12.6. The van der Waals surface area contributed by atoms with E-state index >= 15 is 0 Å². The van der Waals surface area contributed by atoms with Gasteiger partial charge in [-0.2, -0.15) is 0 Å². The number of benzene rings is 2. The van der Waals surface area contributed by atoms with Crippen LogP contribution in [-0.2, 0) is 6.54 Å². The van der Waals surface area contributed by atoms with Crippen molar-refractivity contribution in [2.45, 2.75) is 6.54 Å². The summed E-state index contributed by atoms with van der Waals surface area (Å²) in [5.41, 5.74) is 6.73. The van der Waals surface area contributed by atoms with E-state index in [1.165, 1.54) is 0 Å². The Bertz CT molecular complexity index is 891. The van der Waals surface area contributed by atoms with Gasteiger partial charge in [-0.15, -0.1) is 0 Å². The van der Waals surface area contributed by atoms with Gasteiger partial charge in [0.1, 0.15) is 5.82 Å². The van der Waals surface area contributed by atoms with Gasteiger partial charge >= 0.3 is 0 Å². The molecule has 112 valence electrons. The number of hydrogen-bond acceptors (Lipinski definition) is 3. The Morgan fingerprint density at radius 1 is 1.14 bits per heavy atom. The molecule has 0 spiro atoms. The van der Waals surface area contributed by atoms with Crippen molar-refractivity contribution >= 4 is 34.1 Å². The molecule has 22 heavy (non-hydrogen) atoms. The minimum Gasteiger partial charge on any atom is -0.329 e. The third-order valence-corrected chi connectivity index (χ3v) is 3.87. The van der Waals surface area contributed by atoms with E-state index in [1.54, 1.807) is 16.7 Å². The zero-order valence-corrected chi connectivity index (χ0v) is 13.1. The summed E-state index contributed by atoms with van der Waals surface area (Å²) in [7, 11) is 0. The molecular formula is C16H13Cl2N3O. The summed E-state index contributed by atoms with van der Waals surface area (Å²) in [4.78, 5) is 17.3. The molecular weight excluding hydrogens is 321 g/mol. The van der Waals surface area contributed by atoms with Gasteiger partial charge in [-0.25, -0.2) is 4.98 Å². The Morgan fingerprint density at radius 2 is 1.86 bits per heavy atom. The van der Waals surface area contributed by atoms with Crippen molar-refractivity contribution in [2.24, 2.45) is 5.73 Å². The molecule has 1 heterocycles. The van der Waals surface area contributed by atoms with Crippen molar-refractivity contribution in [1.82, 2.24) is 9.55 Å². The quantitative estimate of drug-likeness (QED) is 0.799. The van der Waals surface area contributed by atoms with E-state index in [2.05, 4.69) is 4.98 Å². The van der Waals surface area contributed by atoms with E-state index in [0.717, 1.165) is 5.56 Å². The molecule has 0 fully saturated rings. The first-order valence-electron chi connectivity index (χ1n) is 6.77. The van der Waals surface area contributed by atoms with Crippen LogP contribution in [0.2, 0.25) is 10.0 Å². The van der Waals surface area contributed by atoms with Gasteiger partial charge in [0.2, 0.25) is 0 Å². The van der Waals surface area contributed by atoms with E-state index in [1.807, 2.05) is 30.3 Å². The highest BCUT2D eigenvalue weighted by molar-refractivity contribution is 6.38. The maximum atomic E-state index is 12.8. The molecule has 0 unspecified atom stereocenters. The van der Waals surface area contributed by atoms with Crippen LogP contribution in [0, 0.1) is 0 Å². The molecule has 0 bridgehead atoms. The van der Waals surface area contributed by atoms with Gasteiger partial charge in [0, 0.05) is 23.7 Å². The van der Waals surface area contributed by atoms with Crippen molar-refractivity contribution < 1.29 is 0 Å². The Balaban J connectivity index is 2.41. The number of fused-ring (bicyclic) bond motifs is 1. The molecule has 0 saturated carbocycles. The highest BCUT2D eigenvalue weighted by atomic mass is 35.5. The molecule has 1 aromatic heterocycles. The summed E-state index contributed by atoms with van der Waals surface area (Å²) in [6.07, 6.45) is 0. The summed E-state index contributed by atoms with van der Waals surface area (Å²) >= 11 is 12.2. The molecule has 3 rings (SSSR count). The van der Waals surface area contributed by atoms with Crippen molar-refractivity contribution in [3.8, 4) is 11.4 Å². The van der Waals surface area contributed by atoms with E-state index in [9.17, 15) is 4.79 Å². The first-order valence-corrected chi connectivity index (χ1v) is 7.52. The number of rotatable bonds is 3. The van der Waals surface area contributed by atoms with Gasteiger partial charge in [0.25, 0.3) is 5.56 Å². The van der Waals surface area contributed by atoms with E-state index in [4.69, 9.17) is 28.9 Å². The lowest BCUT2D eigenvalue weighted by atomic mass is 10.1. The largest absolute Gasteiger partial charge is 0.329 e. The fourth-order valence-corrected chi connectivity index (χ4v) is 2.93. The molecule has 2 aromatic carbocycles. The predicted octanol–water partition coefficient (Wildman–Crippen LogP) is 3.33. The van der Waals surface area contributed by atoms with Gasteiger partial charge in [-0.3, -0.25) is 9.36 Å². The van der Waals surface area contributed by atoms with Crippen LogP contribution < -0.4 is 11.3 Å². The first-order chi connectivity index (χ1) is 10.6. The minimum atomic E-state index is -0.196. The highest BCUT2D eigenvalue weighted by Crippen LogP contribution is 2.27. The second-order valence-electron chi connectivity index (χ2n) is 4.83. The molecule has 0 saturated heterocycles. The van der Waals surface area contributed by atoms with Crippen molar-refractivity contribution in [1.29, 1.82) is 0 Å². The van der Waals surface area contributed by atoms with Crippen LogP contribution in [0.25, 0.3) is 22.3 Å². The number of halogens is 2. The number of hydrogen-bond donors (Lipinski definition) is 1. The average molecular weight is 334 g/mol. The lowest BCUT2D eigenvalue weighted by molar-refractivity contribution is 0.682. The maximum absolute atomic E-state index is 12.8. The van der Waals surface area contributed by atoms with Crippen LogP contribution in [0.4, 0.5) is 0 Å². The first kappa shape index (κ1) is 15.0. The lowest BCUT2D eigenvalue weighted by Gasteiger charge is -2.13. The van der Waals surface area contributed by atoms with Crippen LogP contribution >= 0.6 is 23.2 Å².